The van der Waals surface area contributed by atoms with Crippen LogP contribution in [0.5, 0.6) is 0 Å². The second kappa shape index (κ2) is 11.0. The third-order valence-electron chi connectivity index (χ3n) is 5.80. The minimum absolute atomic E-state index is 0.114. The summed E-state index contributed by atoms with van der Waals surface area (Å²) in [7, 11) is -3.67. The molecule has 2 heterocycles. The Bertz CT molecular complexity index is 978. The van der Waals surface area contributed by atoms with E-state index in [0.29, 0.717) is 76.7 Å². The van der Waals surface area contributed by atoms with E-state index < -0.39 is 15.6 Å². The molecule has 1 aromatic rings. The van der Waals surface area contributed by atoms with Gasteiger partial charge in [0.15, 0.2) is 0 Å². The summed E-state index contributed by atoms with van der Waals surface area (Å²) in [5.74, 6) is -0.302. The van der Waals surface area contributed by atoms with Crippen molar-refractivity contribution in [3.8, 4) is 0 Å². The van der Waals surface area contributed by atoms with Crippen LogP contribution in [0.4, 0.5) is 4.79 Å². The molecule has 0 saturated carbocycles. The summed E-state index contributed by atoms with van der Waals surface area (Å²) < 4.78 is 37.9. The first-order valence-corrected chi connectivity index (χ1v) is 13.1. The second-order valence-corrected chi connectivity index (χ2v) is 11.5. The number of benzene rings is 1. The lowest BCUT2D eigenvalue weighted by Crippen LogP contribution is -2.51. The summed E-state index contributed by atoms with van der Waals surface area (Å²) in [4.78, 5) is 29.0. The molecular formula is C23H36N4O6S. The normalized spacial score (nSPS) is 18.5. The topological polar surface area (TPSA) is 108 Å². The number of rotatable bonds is 6. The Labute approximate surface area is 202 Å². The summed E-state index contributed by atoms with van der Waals surface area (Å²) in [5, 5.41) is 2.90. The fraction of sp³-hybridized carbons (Fsp3) is 0.652. The molecule has 0 radical (unpaired) electrons. The number of carbonyl (C=O) groups is 2. The Morgan fingerprint density at radius 1 is 1.06 bits per heavy atom. The van der Waals surface area contributed by atoms with Crippen molar-refractivity contribution in [1.82, 2.24) is 19.4 Å². The number of hydrogen-bond acceptors (Lipinski definition) is 7. The Kier molecular flexibility index (Phi) is 8.56. The highest BCUT2D eigenvalue weighted by Crippen LogP contribution is 2.20. The molecule has 1 aromatic carbocycles. The number of nitrogens with one attached hydrogen (secondary N) is 1. The molecule has 0 spiro atoms. The molecule has 2 fully saturated rings. The van der Waals surface area contributed by atoms with E-state index in [9.17, 15) is 18.0 Å². The average Bonchev–Trinajstić information content (AvgIpc) is 2.79. The third kappa shape index (κ3) is 6.91. The highest BCUT2D eigenvalue weighted by Gasteiger charge is 2.28. The number of sulfonamides is 1. The monoisotopic (exact) mass is 496 g/mol. The maximum absolute atomic E-state index is 12.9. The van der Waals surface area contributed by atoms with E-state index in [2.05, 4.69) is 10.2 Å². The SMILES string of the molecule is Cc1ccc(S(=O)(=O)N2CCOCC2)cc1C(=O)NCCN1CCN(C(=O)OC(C)(C)C)CC1. The lowest BCUT2D eigenvalue weighted by molar-refractivity contribution is 0.0147. The largest absolute Gasteiger partial charge is 0.444 e. The van der Waals surface area contributed by atoms with Gasteiger partial charge in [-0.3, -0.25) is 9.69 Å². The van der Waals surface area contributed by atoms with Crippen molar-refractivity contribution in [2.24, 2.45) is 0 Å². The van der Waals surface area contributed by atoms with E-state index in [0.717, 1.165) is 0 Å². The zero-order valence-corrected chi connectivity index (χ0v) is 21.3. The molecule has 0 aliphatic carbocycles. The number of ether oxygens (including phenoxy) is 2. The Morgan fingerprint density at radius 3 is 2.32 bits per heavy atom. The molecule has 0 unspecified atom stereocenters. The van der Waals surface area contributed by atoms with Gasteiger partial charge < -0.3 is 19.7 Å². The molecule has 2 saturated heterocycles. The van der Waals surface area contributed by atoms with Crippen molar-refractivity contribution in [2.75, 3.05) is 65.6 Å². The maximum Gasteiger partial charge on any atom is 0.410 e. The molecular weight excluding hydrogens is 460 g/mol. The van der Waals surface area contributed by atoms with Crippen LogP contribution in [0.25, 0.3) is 0 Å². The number of aryl methyl sites for hydroxylation is 1. The third-order valence-corrected chi connectivity index (χ3v) is 7.69. The van der Waals surface area contributed by atoms with Gasteiger partial charge in [-0.1, -0.05) is 6.07 Å². The van der Waals surface area contributed by atoms with Crippen molar-refractivity contribution in [3.05, 3.63) is 29.3 Å². The minimum Gasteiger partial charge on any atom is -0.444 e. The minimum atomic E-state index is -3.67. The van der Waals surface area contributed by atoms with Gasteiger partial charge >= 0.3 is 6.09 Å². The fourth-order valence-electron chi connectivity index (χ4n) is 3.85. The second-order valence-electron chi connectivity index (χ2n) is 9.56. The van der Waals surface area contributed by atoms with Gasteiger partial charge in [-0.2, -0.15) is 4.31 Å². The van der Waals surface area contributed by atoms with Gasteiger partial charge in [0.25, 0.3) is 5.91 Å². The molecule has 3 rings (SSSR count). The van der Waals surface area contributed by atoms with Crippen LogP contribution in [0.15, 0.2) is 23.1 Å². The van der Waals surface area contributed by atoms with Gasteiger partial charge in [-0.05, 0) is 45.4 Å². The van der Waals surface area contributed by atoms with E-state index in [1.807, 2.05) is 20.8 Å². The summed E-state index contributed by atoms with van der Waals surface area (Å²) in [6.07, 6.45) is -0.303. The summed E-state index contributed by atoms with van der Waals surface area (Å²) in [6.45, 7) is 12.3. The predicted molar refractivity (Wildman–Crippen MR) is 127 cm³/mol. The molecule has 0 atom stereocenters. The zero-order valence-electron chi connectivity index (χ0n) is 20.5. The van der Waals surface area contributed by atoms with E-state index in [-0.39, 0.29) is 16.9 Å². The van der Waals surface area contributed by atoms with Gasteiger partial charge in [0.05, 0.1) is 18.1 Å². The number of piperazine rings is 1. The van der Waals surface area contributed by atoms with Gasteiger partial charge in [0, 0.05) is 57.9 Å². The predicted octanol–water partition coefficient (Wildman–Crippen LogP) is 1.30. The van der Waals surface area contributed by atoms with E-state index >= 15 is 0 Å². The van der Waals surface area contributed by atoms with Crippen LogP contribution in [0.2, 0.25) is 0 Å². The summed E-state index contributed by atoms with van der Waals surface area (Å²) >= 11 is 0. The van der Waals surface area contributed by atoms with Gasteiger partial charge in [-0.25, -0.2) is 13.2 Å². The number of carbonyl (C=O) groups excluding carboxylic acids is 2. The standard InChI is InChI=1S/C23H36N4O6S/c1-18-5-6-19(34(30,31)27-13-15-32-16-14-27)17-20(18)21(28)24-7-8-25-9-11-26(12-10-25)22(29)33-23(2,3)4/h5-6,17H,7-16H2,1-4H3,(H,24,28). The van der Waals surface area contributed by atoms with Crippen molar-refractivity contribution in [2.45, 2.75) is 38.2 Å². The van der Waals surface area contributed by atoms with E-state index in [4.69, 9.17) is 9.47 Å². The molecule has 10 nitrogen and oxygen atoms in total. The molecule has 2 aliphatic heterocycles. The highest BCUT2D eigenvalue weighted by atomic mass is 32.2. The lowest BCUT2D eigenvalue weighted by Gasteiger charge is -2.35. The van der Waals surface area contributed by atoms with Crippen LogP contribution in [0.3, 0.4) is 0 Å². The maximum atomic E-state index is 12.9. The van der Waals surface area contributed by atoms with Gasteiger partial charge in [-0.15, -0.1) is 0 Å². The molecule has 190 valence electrons. The Balaban J connectivity index is 1.51. The first kappa shape index (κ1) is 26.4. The van der Waals surface area contributed by atoms with Crippen molar-refractivity contribution >= 4 is 22.0 Å². The van der Waals surface area contributed by atoms with Crippen LogP contribution < -0.4 is 5.32 Å². The molecule has 1 N–H and O–H groups in total. The molecule has 0 bridgehead atoms. The lowest BCUT2D eigenvalue weighted by atomic mass is 10.1. The van der Waals surface area contributed by atoms with E-state index in [1.54, 1.807) is 24.0 Å². The van der Waals surface area contributed by atoms with Crippen LogP contribution >= 0.6 is 0 Å². The Hall–Kier alpha value is -2.21. The fourth-order valence-corrected chi connectivity index (χ4v) is 5.28. The first-order valence-electron chi connectivity index (χ1n) is 11.6. The van der Waals surface area contributed by atoms with Crippen LogP contribution in [0.1, 0.15) is 36.7 Å². The average molecular weight is 497 g/mol. The Morgan fingerprint density at radius 2 is 1.71 bits per heavy atom. The van der Waals surface area contributed by atoms with Crippen LogP contribution in [0, 0.1) is 6.92 Å². The smallest absolute Gasteiger partial charge is 0.410 e. The number of morpholine rings is 1. The quantitative estimate of drug-likeness (QED) is 0.632. The van der Waals surface area contributed by atoms with Crippen LogP contribution in [-0.4, -0.2) is 106 Å². The summed E-state index contributed by atoms with van der Waals surface area (Å²) in [5.41, 5.74) is 0.545. The molecule has 34 heavy (non-hydrogen) atoms. The zero-order chi connectivity index (χ0) is 24.9. The van der Waals surface area contributed by atoms with Gasteiger partial charge in [0.2, 0.25) is 10.0 Å². The summed E-state index contributed by atoms with van der Waals surface area (Å²) in [6, 6.07) is 4.66. The van der Waals surface area contributed by atoms with E-state index in [1.165, 1.54) is 10.4 Å². The number of amides is 2. The number of nitrogens with zero attached hydrogens (tertiary/aromatic N) is 3. The first-order chi connectivity index (χ1) is 16.0. The van der Waals surface area contributed by atoms with Crippen molar-refractivity contribution < 1.29 is 27.5 Å². The highest BCUT2D eigenvalue weighted by molar-refractivity contribution is 7.89. The van der Waals surface area contributed by atoms with Crippen LogP contribution in [-0.2, 0) is 19.5 Å². The van der Waals surface area contributed by atoms with Crippen molar-refractivity contribution in [1.29, 1.82) is 0 Å². The molecule has 2 amide bonds. The van der Waals surface area contributed by atoms with Crippen molar-refractivity contribution in [3.63, 3.8) is 0 Å². The molecule has 2 aliphatic rings. The number of hydrogen-bond donors (Lipinski definition) is 1. The molecule has 11 heteroatoms. The van der Waals surface area contributed by atoms with Gasteiger partial charge in [0.1, 0.15) is 5.60 Å². The molecule has 0 aromatic heterocycles.